The molecular formula is C16H20N2O4. The smallest absolute Gasteiger partial charge is 0.253 e. The van der Waals surface area contributed by atoms with E-state index in [2.05, 4.69) is 10.3 Å². The van der Waals surface area contributed by atoms with Gasteiger partial charge >= 0.3 is 0 Å². The lowest BCUT2D eigenvalue weighted by Gasteiger charge is -2.13. The van der Waals surface area contributed by atoms with Gasteiger partial charge in [0.15, 0.2) is 0 Å². The number of nitrogens with zero attached hydrogens (tertiary/aromatic N) is 1. The van der Waals surface area contributed by atoms with Crippen LogP contribution >= 0.6 is 0 Å². The number of pyridine rings is 1. The van der Waals surface area contributed by atoms with Crippen molar-refractivity contribution in [2.45, 2.75) is 13.0 Å². The van der Waals surface area contributed by atoms with Crippen LogP contribution in [-0.2, 0) is 14.3 Å². The third kappa shape index (κ3) is 4.16. The molecule has 1 N–H and O–H groups in total. The van der Waals surface area contributed by atoms with Gasteiger partial charge in [0.1, 0.15) is 6.10 Å². The molecule has 0 radical (unpaired) electrons. The highest BCUT2D eigenvalue weighted by molar-refractivity contribution is 5.96. The minimum atomic E-state index is -0.542. The van der Waals surface area contributed by atoms with E-state index in [9.17, 15) is 4.79 Å². The largest absolute Gasteiger partial charge is 0.481 e. The normalized spacial score (nSPS) is 12.1. The summed E-state index contributed by atoms with van der Waals surface area (Å²) in [6.07, 6.45) is -0.542. The second kappa shape index (κ2) is 7.72. The minimum Gasteiger partial charge on any atom is -0.481 e. The van der Waals surface area contributed by atoms with Crippen LogP contribution in [-0.4, -0.2) is 44.4 Å². The molecule has 1 atom stereocenters. The Morgan fingerprint density at radius 2 is 2.05 bits per heavy atom. The molecule has 1 aromatic heterocycles. The Kier molecular flexibility index (Phi) is 5.68. The number of amides is 1. The number of hydrogen-bond acceptors (Lipinski definition) is 5. The molecule has 0 fully saturated rings. The van der Waals surface area contributed by atoms with Crippen molar-refractivity contribution >= 4 is 22.5 Å². The Hall–Kier alpha value is -2.18. The molecule has 0 spiro atoms. The fourth-order valence-corrected chi connectivity index (χ4v) is 1.93. The van der Waals surface area contributed by atoms with Crippen molar-refractivity contribution in [1.82, 2.24) is 4.98 Å². The van der Waals surface area contributed by atoms with Crippen molar-refractivity contribution in [3.63, 3.8) is 0 Å². The van der Waals surface area contributed by atoms with Gasteiger partial charge in [-0.05, 0) is 31.2 Å². The number of methoxy groups -OCH3 is 2. The lowest BCUT2D eigenvalue weighted by Crippen LogP contribution is -2.28. The van der Waals surface area contributed by atoms with Crippen molar-refractivity contribution in [3.8, 4) is 5.88 Å². The average molecular weight is 304 g/mol. The van der Waals surface area contributed by atoms with Crippen LogP contribution in [0.5, 0.6) is 5.88 Å². The Bertz CT molecular complexity index is 645. The molecule has 2 rings (SSSR count). The van der Waals surface area contributed by atoms with Gasteiger partial charge in [0, 0.05) is 24.2 Å². The van der Waals surface area contributed by atoms with Crippen LogP contribution in [0.25, 0.3) is 10.9 Å². The van der Waals surface area contributed by atoms with E-state index in [4.69, 9.17) is 14.2 Å². The van der Waals surface area contributed by atoms with E-state index in [1.807, 2.05) is 18.2 Å². The Balaban J connectivity index is 2.03. The second-order valence-electron chi connectivity index (χ2n) is 4.76. The first-order chi connectivity index (χ1) is 10.6. The monoisotopic (exact) mass is 304 g/mol. The van der Waals surface area contributed by atoms with Gasteiger partial charge in [0.25, 0.3) is 5.91 Å². The number of anilines is 1. The second-order valence-corrected chi connectivity index (χ2v) is 4.76. The lowest BCUT2D eigenvalue weighted by molar-refractivity contribution is -0.127. The molecule has 22 heavy (non-hydrogen) atoms. The maximum absolute atomic E-state index is 12.0. The third-order valence-electron chi connectivity index (χ3n) is 3.16. The maximum atomic E-state index is 12.0. The van der Waals surface area contributed by atoms with Crippen molar-refractivity contribution in [2.75, 3.05) is 32.8 Å². The van der Waals surface area contributed by atoms with E-state index in [0.717, 1.165) is 10.9 Å². The van der Waals surface area contributed by atoms with Crippen molar-refractivity contribution in [1.29, 1.82) is 0 Å². The van der Waals surface area contributed by atoms with E-state index in [-0.39, 0.29) is 5.91 Å². The molecule has 0 saturated heterocycles. The highest BCUT2D eigenvalue weighted by Crippen LogP contribution is 2.20. The molecule has 1 amide bonds. The van der Waals surface area contributed by atoms with Crippen LogP contribution in [0.3, 0.4) is 0 Å². The summed E-state index contributed by atoms with van der Waals surface area (Å²) in [6.45, 7) is 2.55. The minimum absolute atomic E-state index is 0.197. The number of aromatic nitrogens is 1. The molecule has 6 nitrogen and oxygen atoms in total. The van der Waals surface area contributed by atoms with Crippen molar-refractivity contribution in [3.05, 3.63) is 30.3 Å². The van der Waals surface area contributed by atoms with Gasteiger partial charge in [-0.1, -0.05) is 0 Å². The van der Waals surface area contributed by atoms with E-state index in [1.165, 1.54) is 0 Å². The van der Waals surface area contributed by atoms with E-state index < -0.39 is 6.10 Å². The van der Waals surface area contributed by atoms with Gasteiger partial charge in [0.2, 0.25) is 5.88 Å². The SMILES string of the molecule is COCCOC(C)C(=O)Nc1ccc2nc(OC)ccc2c1. The van der Waals surface area contributed by atoms with Crippen molar-refractivity contribution in [2.24, 2.45) is 0 Å². The fraction of sp³-hybridized carbons (Fsp3) is 0.375. The van der Waals surface area contributed by atoms with Crippen LogP contribution in [0.15, 0.2) is 30.3 Å². The highest BCUT2D eigenvalue weighted by atomic mass is 16.5. The Morgan fingerprint density at radius 1 is 1.23 bits per heavy atom. The quantitative estimate of drug-likeness (QED) is 0.794. The number of carbonyl (C=O) groups excluding carboxylic acids is 1. The molecular weight excluding hydrogens is 284 g/mol. The molecule has 0 aliphatic heterocycles. The maximum Gasteiger partial charge on any atom is 0.253 e. The number of fused-ring (bicyclic) bond motifs is 1. The molecule has 1 heterocycles. The summed E-state index contributed by atoms with van der Waals surface area (Å²) in [5.41, 5.74) is 1.51. The van der Waals surface area contributed by atoms with Crippen molar-refractivity contribution < 1.29 is 19.0 Å². The third-order valence-corrected chi connectivity index (χ3v) is 3.16. The van der Waals surface area contributed by atoms with Gasteiger partial charge in [-0.2, -0.15) is 0 Å². The number of benzene rings is 1. The molecule has 6 heteroatoms. The molecule has 118 valence electrons. The molecule has 0 aliphatic rings. The van der Waals surface area contributed by atoms with Crippen LogP contribution in [0.2, 0.25) is 0 Å². The number of carbonyl (C=O) groups is 1. The molecule has 0 aliphatic carbocycles. The first-order valence-corrected chi connectivity index (χ1v) is 7.00. The summed E-state index contributed by atoms with van der Waals surface area (Å²) in [5.74, 6) is 0.362. The Morgan fingerprint density at radius 3 is 2.77 bits per heavy atom. The number of nitrogens with one attached hydrogen (secondary N) is 1. The number of ether oxygens (including phenoxy) is 3. The predicted octanol–water partition coefficient (Wildman–Crippen LogP) is 2.23. The van der Waals surface area contributed by atoms with Gasteiger partial charge in [-0.15, -0.1) is 0 Å². The zero-order valence-corrected chi connectivity index (χ0v) is 13.0. The summed E-state index contributed by atoms with van der Waals surface area (Å²) in [6, 6.07) is 9.18. The molecule has 0 bridgehead atoms. The zero-order chi connectivity index (χ0) is 15.9. The first kappa shape index (κ1) is 16.2. The number of hydrogen-bond donors (Lipinski definition) is 1. The molecule has 2 aromatic rings. The topological polar surface area (TPSA) is 69.7 Å². The lowest BCUT2D eigenvalue weighted by atomic mass is 10.2. The van der Waals surface area contributed by atoms with Gasteiger partial charge < -0.3 is 19.5 Å². The molecule has 1 aromatic carbocycles. The van der Waals surface area contributed by atoms with Gasteiger partial charge in [-0.3, -0.25) is 4.79 Å². The summed E-state index contributed by atoms with van der Waals surface area (Å²) in [4.78, 5) is 16.4. The highest BCUT2D eigenvalue weighted by Gasteiger charge is 2.13. The van der Waals surface area contributed by atoms with Crippen LogP contribution in [0.4, 0.5) is 5.69 Å². The number of rotatable bonds is 7. The molecule has 1 unspecified atom stereocenters. The van der Waals surface area contributed by atoms with E-state index in [1.54, 1.807) is 33.3 Å². The van der Waals surface area contributed by atoms with Gasteiger partial charge in [0.05, 0.1) is 25.8 Å². The summed E-state index contributed by atoms with van der Waals surface area (Å²) >= 11 is 0. The predicted molar refractivity (Wildman–Crippen MR) is 84.2 cm³/mol. The first-order valence-electron chi connectivity index (χ1n) is 7.00. The Labute approximate surface area is 129 Å². The fourth-order valence-electron chi connectivity index (χ4n) is 1.93. The zero-order valence-electron chi connectivity index (χ0n) is 13.0. The standard InChI is InChI=1S/C16H20N2O4/c1-11(22-9-8-20-2)16(19)17-13-5-6-14-12(10-13)4-7-15(18-14)21-3/h4-7,10-11H,8-9H2,1-3H3,(H,17,19). The van der Waals surface area contributed by atoms with E-state index in [0.29, 0.717) is 24.8 Å². The van der Waals surface area contributed by atoms with E-state index >= 15 is 0 Å². The average Bonchev–Trinajstić information content (AvgIpc) is 2.54. The van der Waals surface area contributed by atoms with Gasteiger partial charge in [-0.25, -0.2) is 4.98 Å². The molecule has 0 saturated carbocycles. The van der Waals surface area contributed by atoms with Crippen LogP contribution in [0.1, 0.15) is 6.92 Å². The van der Waals surface area contributed by atoms with Crippen LogP contribution in [0, 0.1) is 0 Å². The summed E-state index contributed by atoms with van der Waals surface area (Å²) in [5, 5.41) is 3.75. The van der Waals surface area contributed by atoms with Crippen LogP contribution < -0.4 is 10.1 Å². The summed E-state index contributed by atoms with van der Waals surface area (Å²) < 4.78 is 15.3. The summed E-state index contributed by atoms with van der Waals surface area (Å²) in [7, 11) is 3.17.